The molecule has 0 unspecified atom stereocenters. The van der Waals surface area contributed by atoms with Crippen LogP contribution in [0.2, 0.25) is 5.02 Å². The molecular formula is C14H17ClO4. The Labute approximate surface area is 117 Å². The van der Waals surface area contributed by atoms with Crippen molar-refractivity contribution in [3.05, 3.63) is 22.7 Å². The van der Waals surface area contributed by atoms with Gasteiger partial charge in [0.2, 0.25) is 0 Å². The fraction of sp³-hybridized carbons (Fsp3) is 0.500. The summed E-state index contributed by atoms with van der Waals surface area (Å²) in [6.07, 6.45) is 1.81. The highest BCUT2D eigenvalue weighted by Gasteiger charge is 2.48. The Morgan fingerprint density at radius 3 is 2.58 bits per heavy atom. The maximum atomic E-state index is 11.0. The zero-order valence-corrected chi connectivity index (χ0v) is 11.8. The summed E-state index contributed by atoms with van der Waals surface area (Å²) >= 11 is 6.14. The molecule has 1 N–H and O–H groups in total. The van der Waals surface area contributed by atoms with Crippen LogP contribution in [0.5, 0.6) is 11.5 Å². The first-order valence-corrected chi connectivity index (χ1v) is 6.63. The highest BCUT2D eigenvalue weighted by molar-refractivity contribution is 6.32. The summed E-state index contributed by atoms with van der Waals surface area (Å²) in [5.74, 6) is 0.411. The SMILES string of the molecule is CCOc1cc(OC)c(Cl)cc1C1(CC(=O)O)CC1. The van der Waals surface area contributed by atoms with Crippen LogP contribution in [0, 0.1) is 0 Å². The Morgan fingerprint density at radius 2 is 2.11 bits per heavy atom. The maximum absolute atomic E-state index is 11.0. The first-order valence-electron chi connectivity index (χ1n) is 6.25. The number of aliphatic carboxylic acids is 1. The molecule has 0 bridgehead atoms. The number of carbonyl (C=O) groups is 1. The van der Waals surface area contributed by atoms with E-state index < -0.39 is 5.97 Å². The fourth-order valence-corrected chi connectivity index (χ4v) is 2.60. The van der Waals surface area contributed by atoms with Crippen LogP contribution in [0.15, 0.2) is 12.1 Å². The molecule has 0 heterocycles. The van der Waals surface area contributed by atoms with Gasteiger partial charge in [-0.2, -0.15) is 0 Å². The van der Waals surface area contributed by atoms with Gasteiger partial charge in [-0.25, -0.2) is 0 Å². The second kappa shape index (κ2) is 5.29. The summed E-state index contributed by atoms with van der Waals surface area (Å²) in [6, 6.07) is 3.52. The molecule has 0 aliphatic heterocycles. The predicted octanol–water partition coefficient (Wildman–Crippen LogP) is 3.25. The van der Waals surface area contributed by atoms with Crippen molar-refractivity contribution in [1.82, 2.24) is 0 Å². The number of carboxylic acid groups (broad SMARTS) is 1. The van der Waals surface area contributed by atoms with Gasteiger partial charge in [-0.3, -0.25) is 4.79 Å². The van der Waals surface area contributed by atoms with Gasteiger partial charge < -0.3 is 14.6 Å². The normalized spacial score (nSPS) is 15.9. The van der Waals surface area contributed by atoms with E-state index in [-0.39, 0.29) is 11.8 Å². The van der Waals surface area contributed by atoms with Crippen molar-refractivity contribution in [2.24, 2.45) is 0 Å². The summed E-state index contributed by atoms with van der Waals surface area (Å²) in [5, 5.41) is 9.53. The molecule has 1 aromatic rings. The Morgan fingerprint density at radius 1 is 1.42 bits per heavy atom. The largest absolute Gasteiger partial charge is 0.495 e. The van der Waals surface area contributed by atoms with E-state index in [0.717, 1.165) is 18.4 Å². The number of rotatable bonds is 6. The van der Waals surface area contributed by atoms with Crippen LogP contribution in [0.1, 0.15) is 31.7 Å². The number of carboxylic acids is 1. The summed E-state index contributed by atoms with van der Waals surface area (Å²) in [5.41, 5.74) is 0.550. The number of benzene rings is 1. The number of ether oxygens (including phenoxy) is 2. The van der Waals surface area contributed by atoms with Crippen LogP contribution in [0.25, 0.3) is 0 Å². The van der Waals surface area contributed by atoms with E-state index in [9.17, 15) is 4.79 Å². The molecule has 1 aliphatic carbocycles. The van der Waals surface area contributed by atoms with E-state index in [1.807, 2.05) is 6.92 Å². The molecule has 1 saturated carbocycles. The van der Waals surface area contributed by atoms with Gasteiger partial charge in [-0.05, 0) is 25.8 Å². The topological polar surface area (TPSA) is 55.8 Å². The van der Waals surface area contributed by atoms with Crippen molar-refractivity contribution in [2.75, 3.05) is 13.7 Å². The molecule has 4 nitrogen and oxygen atoms in total. The van der Waals surface area contributed by atoms with E-state index >= 15 is 0 Å². The van der Waals surface area contributed by atoms with Crippen molar-refractivity contribution in [2.45, 2.75) is 31.6 Å². The van der Waals surface area contributed by atoms with Gasteiger partial charge in [-0.1, -0.05) is 11.6 Å². The van der Waals surface area contributed by atoms with E-state index in [4.69, 9.17) is 26.2 Å². The summed E-state index contributed by atoms with van der Waals surface area (Å²) in [7, 11) is 1.54. The van der Waals surface area contributed by atoms with E-state index in [1.54, 1.807) is 19.2 Å². The monoisotopic (exact) mass is 284 g/mol. The van der Waals surface area contributed by atoms with Gasteiger partial charge in [-0.15, -0.1) is 0 Å². The molecule has 5 heteroatoms. The molecule has 0 saturated heterocycles. The molecule has 1 aliphatic rings. The van der Waals surface area contributed by atoms with Crippen LogP contribution >= 0.6 is 11.6 Å². The third-order valence-electron chi connectivity index (χ3n) is 3.47. The minimum absolute atomic E-state index is 0.107. The molecule has 0 aromatic heterocycles. The molecule has 0 amide bonds. The maximum Gasteiger partial charge on any atom is 0.304 e. The predicted molar refractivity (Wildman–Crippen MR) is 72.3 cm³/mol. The molecule has 0 radical (unpaired) electrons. The van der Waals surface area contributed by atoms with Gasteiger partial charge in [0.05, 0.1) is 25.2 Å². The van der Waals surface area contributed by atoms with Crippen LogP contribution in [0.3, 0.4) is 0 Å². The van der Waals surface area contributed by atoms with Gasteiger partial charge in [0, 0.05) is 17.0 Å². The van der Waals surface area contributed by atoms with Crippen molar-refractivity contribution in [3.63, 3.8) is 0 Å². The summed E-state index contributed by atoms with van der Waals surface area (Å²) < 4.78 is 10.8. The van der Waals surface area contributed by atoms with Crippen molar-refractivity contribution in [1.29, 1.82) is 0 Å². The molecule has 19 heavy (non-hydrogen) atoms. The first kappa shape index (κ1) is 14.0. The van der Waals surface area contributed by atoms with Gasteiger partial charge >= 0.3 is 5.97 Å². The summed E-state index contributed by atoms with van der Waals surface area (Å²) in [4.78, 5) is 11.0. The molecule has 2 rings (SSSR count). The molecule has 0 spiro atoms. The van der Waals surface area contributed by atoms with Crippen LogP contribution < -0.4 is 9.47 Å². The minimum Gasteiger partial charge on any atom is -0.495 e. The van der Waals surface area contributed by atoms with E-state index in [1.165, 1.54) is 0 Å². The van der Waals surface area contributed by atoms with Gasteiger partial charge in [0.25, 0.3) is 0 Å². The van der Waals surface area contributed by atoms with E-state index in [0.29, 0.717) is 23.1 Å². The summed E-state index contributed by atoms with van der Waals surface area (Å²) in [6.45, 7) is 2.41. The highest BCUT2D eigenvalue weighted by atomic mass is 35.5. The van der Waals surface area contributed by atoms with Gasteiger partial charge in [0.1, 0.15) is 11.5 Å². The first-order chi connectivity index (χ1) is 9.02. The Hall–Kier alpha value is -1.42. The average molecular weight is 285 g/mol. The Balaban J connectivity index is 2.43. The zero-order chi connectivity index (χ0) is 14.0. The standard InChI is InChI=1S/C14H17ClO4/c1-3-19-11-7-12(18-2)10(15)6-9(11)14(4-5-14)8-13(16)17/h6-7H,3-5,8H2,1-2H3,(H,16,17). The second-order valence-corrected chi connectivity index (χ2v) is 5.17. The molecule has 0 atom stereocenters. The fourth-order valence-electron chi connectivity index (χ4n) is 2.36. The molecule has 1 aromatic carbocycles. The number of hydrogen-bond donors (Lipinski definition) is 1. The van der Waals surface area contributed by atoms with Gasteiger partial charge in [0.15, 0.2) is 0 Å². The minimum atomic E-state index is -0.799. The lowest BCUT2D eigenvalue weighted by Crippen LogP contribution is -2.15. The lowest BCUT2D eigenvalue weighted by atomic mass is 9.91. The van der Waals surface area contributed by atoms with Crippen LogP contribution in [-0.2, 0) is 10.2 Å². The number of methoxy groups -OCH3 is 1. The highest BCUT2D eigenvalue weighted by Crippen LogP contribution is 2.55. The number of hydrogen-bond acceptors (Lipinski definition) is 3. The molecule has 1 fully saturated rings. The quantitative estimate of drug-likeness (QED) is 0.871. The second-order valence-electron chi connectivity index (χ2n) is 4.77. The lowest BCUT2D eigenvalue weighted by molar-refractivity contribution is -0.137. The van der Waals surface area contributed by atoms with Crippen molar-refractivity contribution < 1.29 is 19.4 Å². The average Bonchev–Trinajstić information content (AvgIpc) is 3.11. The molecular weight excluding hydrogens is 268 g/mol. The van der Waals surface area contributed by atoms with Crippen molar-refractivity contribution >= 4 is 17.6 Å². The zero-order valence-electron chi connectivity index (χ0n) is 11.0. The van der Waals surface area contributed by atoms with Crippen LogP contribution in [-0.4, -0.2) is 24.8 Å². The Bertz CT molecular complexity index is 494. The van der Waals surface area contributed by atoms with Crippen molar-refractivity contribution in [3.8, 4) is 11.5 Å². The number of halogens is 1. The third-order valence-corrected chi connectivity index (χ3v) is 3.76. The molecule has 104 valence electrons. The van der Waals surface area contributed by atoms with E-state index in [2.05, 4.69) is 0 Å². The Kier molecular flexibility index (Phi) is 3.90. The third kappa shape index (κ3) is 2.78. The smallest absolute Gasteiger partial charge is 0.304 e. The lowest BCUT2D eigenvalue weighted by Gasteiger charge is -2.19. The van der Waals surface area contributed by atoms with Crippen LogP contribution in [0.4, 0.5) is 0 Å².